The second-order valence-corrected chi connectivity index (χ2v) is 10.4. The maximum absolute atomic E-state index is 13.1. The van der Waals surface area contributed by atoms with Gasteiger partial charge in [-0.05, 0) is 66.5 Å². The summed E-state index contributed by atoms with van der Waals surface area (Å²) in [6.45, 7) is 8.32. The normalized spacial score (nSPS) is 11.1. The molecule has 0 saturated carbocycles. The van der Waals surface area contributed by atoms with Crippen LogP contribution in [0.5, 0.6) is 0 Å². The van der Waals surface area contributed by atoms with Crippen molar-refractivity contribution in [3.63, 3.8) is 0 Å². The van der Waals surface area contributed by atoms with Gasteiger partial charge >= 0.3 is 23.5 Å². The van der Waals surface area contributed by atoms with Crippen LogP contribution in [0.2, 0.25) is 0 Å². The number of hydrogen-bond acceptors (Lipinski definition) is 2. The van der Waals surface area contributed by atoms with E-state index in [0.29, 0.717) is 11.6 Å². The number of aromatic nitrogens is 4. The number of carbonyl (C=O) groups excluding carboxylic acids is 2. The lowest BCUT2D eigenvalue weighted by Gasteiger charge is -2.17. The van der Waals surface area contributed by atoms with Crippen LogP contribution in [-0.2, 0) is 47.5 Å². The predicted octanol–water partition coefficient (Wildman–Crippen LogP) is 3.85. The molecule has 8 nitrogen and oxygen atoms in total. The van der Waals surface area contributed by atoms with Crippen LogP contribution in [0, 0.1) is 13.8 Å². The van der Waals surface area contributed by atoms with Crippen molar-refractivity contribution in [2.75, 3.05) is 10.6 Å². The molecule has 0 aliphatic heterocycles. The molecule has 0 spiro atoms. The fourth-order valence-corrected chi connectivity index (χ4v) is 5.40. The zero-order valence-corrected chi connectivity index (χ0v) is 24.3. The number of amides is 2. The molecule has 39 heavy (non-hydrogen) atoms. The van der Waals surface area contributed by atoms with Gasteiger partial charge in [-0.15, -0.1) is 0 Å². The summed E-state index contributed by atoms with van der Waals surface area (Å²) in [6.07, 6.45) is 9.87. The quantitative estimate of drug-likeness (QED) is 0.341. The van der Waals surface area contributed by atoms with Gasteiger partial charge in [0.05, 0.1) is 28.2 Å². The summed E-state index contributed by atoms with van der Waals surface area (Å²) in [5.74, 6) is 0.938. The highest BCUT2D eigenvalue weighted by Gasteiger charge is 2.24. The number of aryl methyl sites for hydroxylation is 8. The molecule has 0 radical (unpaired) electrons. The van der Waals surface area contributed by atoms with E-state index in [1.807, 2.05) is 85.1 Å². The minimum atomic E-state index is -0.125. The van der Waals surface area contributed by atoms with Gasteiger partial charge in [0.25, 0.3) is 0 Å². The zero-order valence-electron chi connectivity index (χ0n) is 24.3. The Labute approximate surface area is 230 Å². The largest absolute Gasteiger partial charge is 0.347 e. The summed E-state index contributed by atoms with van der Waals surface area (Å²) < 4.78 is 7.29. The molecule has 2 amide bonds. The molecular formula is C31H40N6O2+2. The van der Waals surface area contributed by atoms with Crippen molar-refractivity contribution in [1.29, 1.82) is 0 Å². The third-order valence-corrected chi connectivity index (χ3v) is 7.37. The Hall–Kier alpha value is -4.20. The van der Waals surface area contributed by atoms with E-state index in [2.05, 4.69) is 48.7 Å². The second-order valence-electron chi connectivity index (χ2n) is 10.4. The minimum Gasteiger partial charge on any atom is -0.315 e. The number of benzene rings is 2. The zero-order chi connectivity index (χ0) is 28.4. The highest BCUT2D eigenvalue weighted by molar-refractivity contribution is 6.02. The van der Waals surface area contributed by atoms with Crippen molar-refractivity contribution in [3.8, 4) is 0 Å². The van der Waals surface area contributed by atoms with Gasteiger partial charge in [-0.3, -0.25) is 9.59 Å². The van der Waals surface area contributed by atoms with Gasteiger partial charge in [0.2, 0.25) is 0 Å². The summed E-state index contributed by atoms with van der Waals surface area (Å²) in [4.78, 5) is 26.1. The smallest absolute Gasteiger partial charge is 0.315 e. The minimum absolute atomic E-state index is 0.125. The van der Waals surface area contributed by atoms with Crippen LogP contribution in [0.15, 0.2) is 49.1 Å². The van der Waals surface area contributed by atoms with Gasteiger partial charge in [-0.1, -0.05) is 38.1 Å². The third-order valence-electron chi connectivity index (χ3n) is 7.37. The number of imidazole rings is 2. The van der Waals surface area contributed by atoms with Crippen molar-refractivity contribution >= 4 is 23.2 Å². The molecule has 0 bridgehead atoms. The van der Waals surface area contributed by atoms with Gasteiger partial charge in [0, 0.05) is 11.4 Å². The lowest BCUT2D eigenvalue weighted by molar-refractivity contribution is -0.672. The lowest BCUT2D eigenvalue weighted by atomic mass is 9.94. The molecule has 0 atom stereocenters. The van der Waals surface area contributed by atoms with Crippen molar-refractivity contribution in [1.82, 2.24) is 9.13 Å². The number of anilines is 2. The molecule has 204 valence electrons. The number of nitrogens with zero attached hydrogens (tertiary/aromatic N) is 4. The molecule has 0 aliphatic rings. The van der Waals surface area contributed by atoms with Crippen molar-refractivity contribution in [3.05, 3.63) is 94.1 Å². The van der Waals surface area contributed by atoms with Crippen LogP contribution in [0.1, 0.15) is 68.5 Å². The summed E-state index contributed by atoms with van der Waals surface area (Å²) in [5, 5.41) is 6.31. The first-order chi connectivity index (χ1) is 18.5. The van der Waals surface area contributed by atoms with Crippen molar-refractivity contribution in [2.45, 2.75) is 47.0 Å². The average molecular weight is 529 g/mol. The Morgan fingerprint density at radius 2 is 1.10 bits per heavy atom. The Kier molecular flexibility index (Phi) is 8.04. The van der Waals surface area contributed by atoms with Gasteiger partial charge in [-0.2, -0.15) is 0 Å². The monoisotopic (exact) mass is 528 g/mol. The first-order valence-electron chi connectivity index (χ1n) is 13.4. The summed E-state index contributed by atoms with van der Waals surface area (Å²) in [6, 6.07) is 8.71. The van der Waals surface area contributed by atoms with Gasteiger partial charge < -0.3 is 10.6 Å². The summed E-state index contributed by atoms with van der Waals surface area (Å²) >= 11 is 0. The van der Waals surface area contributed by atoms with Gasteiger partial charge in [0.15, 0.2) is 0 Å². The van der Waals surface area contributed by atoms with E-state index >= 15 is 0 Å². The summed E-state index contributed by atoms with van der Waals surface area (Å²) in [5.41, 5.74) is 8.46. The molecule has 0 fully saturated rings. The molecule has 4 aromatic rings. The average Bonchev–Trinajstić information content (AvgIpc) is 3.41. The molecule has 2 aromatic carbocycles. The van der Waals surface area contributed by atoms with Crippen molar-refractivity contribution in [2.24, 2.45) is 28.2 Å². The van der Waals surface area contributed by atoms with E-state index in [-0.39, 0.29) is 11.8 Å². The maximum atomic E-state index is 13.1. The highest BCUT2D eigenvalue weighted by atomic mass is 16.2. The van der Waals surface area contributed by atoms with E-state index in [1.54, 1.807) is 0 Å². The van der Waals surface area contributed by atoms with Gasteiger partial charge in [-0.25, -0.2) is 18.3 Å². The van der Waals surface area contributed by atoms with Crippen LogP contribution in [0.25, 0.3) is 0 Å². The lowest BCUT2D eigenvalue weighted by Crippen LogP contribution is -2.37. The Morgan fingerprint density at radius 1 is 0.718 bits per heavy atom. The molecule has 2 heterocycles. The van der Waals surface area contributed by atoms with Crippen LogP contribution in [0.4, 0.5) is 11.4 Å². The van der Waals surface area contributed by atoms with Gasteiger partial charge in [0.1, 0.15) is 24.8 Å². The van der Waals surface area contributed by atoms with Crippen LogP contribution < -0.4 is 19.8 Å². The molecule has 0 saturated heterocycles. The topological polar surface area (TPSA) is 75.8 Å². The Balaban J connectivity index is 1.59. The Morgan fingerprint density at radius 3 is 1.41 bits per heavy atom. The highest BCUT2D eigenvalue weighted by Crippen LogP contribution is 2.29. The molecule has 4 rings (SSSR count). The van der Waals surface area contributed by atoms with Crippen LogP contribution in [0.3, 0.4) is 0 Å². The fraction of sp³-hybridized carbons (Fsp3) is 0.355. The molecule has 0 unspecified atom stereocenters. The van der Waals surface area contributed by atoms with Crippen LogP contribution in [-0.4, -0.2) is 20.9 Å². The first-order valence-corrected chi connectivity index (χ1v) is 13.4. The van der Waals surface area contributed by atoms with E-state index in [9.17, 15) is 9.59 Å². The summed E-state index contributed by atoms with van der Waals surface area (Å²) in [7, 11) is 7.49. The molecular weight excluding hydrogens is 488 g/mol. The van der Waals surface area contributed by atoms with Crippen molar-refractivity contribution < 1.29 is 18.7 Å². The third kappa shape index (κ3) is 5.65. The van der Waals surface area contributed by atoms with E-state index in [4.69, 9.17) is 0 Å². The number of hydrogen-bond donors (Lipinski definition) is 2. The molecule has 2 N–H and O–H groups in total. The fourth-order valence-electron chi connectivity index (χ4n) is 5.40. The molecule has 0 aliphatic carbocycles. The molecule has 2 aromatic heterocycles. The maximum Gasteiger partial charge on any atom is 0.347 e. The second kappa shape index (κ2) is 11.3. The predicted molar refractivity (Wildman–Crippen MR) is 153 cm³/mol. The number of rotatable bonds is 8. The SMILES string of the molecule is CCc1cc(Cc2cc(C)c(NC(=O)c3n(C)cc[n+]3C)c(CC)c2)cc(C)c1NC(=O)c1n(C)cc[n+]1C. The standard InChI is InChI=1S/C31H38N6O2/c1-9-24-18-22(15-20(3)26(24)32-28(38)30-34(5)11-12-35(30)6)17-23-16-21(4)27(25(10-2)19-23)33-29(39)31-36(7)13-14-37(31)8/h11-16,18-19H,9-10,17H2,1-8H3/p+2. The number of carbonyl (C=O) groups is 2. The first kappa shape index (κ1) is 27.8. The van der Waals surface area contributed by atoms with E-state index in [1.165, 1.54) is 11.1 Å². The van der Waals surface area contributed by atoms with E-state index in [0.717, 1.165) is 52.9 Å². The van der Waals surface area contributed by atoms with E-state index < -0.39 is 0 Å². The Bertz CT molecular complexity index is 1400. The van der Waals surface area contributed by atoms with Crippen LogP contribution >= 0.6 is 0 Å². The number of nitrogens with one attached hydrogen (secondary N) is 2. The molecule has 8 heteroatoms.